The highest BCUT2D eigenvalue weighted by Gasteiger charge is 2.43. The summed E-state index contributed by atoms with van der Waals surface area (Å²) >= 11 is 0. The number of nitrogens with zero attached hydrogens (tertiary/aromatic N) is 1. The number of rotatable bonds is 3. The largest absolute Gasteiger partial charge is 0.496 e. The molecule has 1 aliphatic heterocycles. The van der Waals surface area contributed by atoms with Gasteiger partial charge >= 0.3 is 0 Å². The lowest BCUT2D eigenvalue weighted by atomic mass is 9.96. The Balaban J connectivity index is 2.30. The van der Waals surface area contributed by atoms with Crippen LogP contribution in [0.25, 0.3) is 0 Å². The summed E-state index contributed by atoms with van der Waals surface area (Å²) in [6.07, 6.45) is 0. The maximum absolute atomic E-state index is 12.5. The number of amides is 2. The van der Waals surface area contributed by atoms with Gasteiger partial charge in [-0.05, 0) is 26.8 Å². The third-order valence-electron chi connectivity index (χ3n) is 3.61. The number of hydrogen-bond acceptors (Lipinski definition) is 3. The van der Waals surface area contributed by atoms with Gasteiger partial charge in [-0.1, -0.05) is 18.2 Å². The molecular weight excluding hydrogens is 256 g/mol. The Bertz CT molecular complexity index is 540. The predicted octanol–water partition coefficient (Wildman–Crippen LogP) is 1.32. The van der Waals surface area contributed by atoms with E-state index >= 15 is 0 Å². The van der Waals surface area contributed by atoms with E-state index < -0.39 is 11.6 Å². The van der Waals surface area contributed by atoms with Crippen molar-refractivity contribution in [2.45, 2.75) is 38.9 Å². The van der Waals surface area contributed by atoms with Crippen molar-refractivity contribution in [3.8, 4) is 5.75 Å². The monoisotopic (exact) mass is 276 g/mol. The molecule has 1 N–H and O–H groups in total. The Labute approximate surface area is 118 Å². The maximum atomic E-state index is 12.5. The first-order valence-electron chi connectivity index (χ1n) is 6.62. The average molecular weight is 276 g/mol. The van der Waals surface area contributed by atoms with Gasteiger partial charge in [-0.2, -0.15) is 0 Å². The normalized spacial score (nSPS) is 21.6. The summed E-state index contributed by atoms with van der Waals surface area (Å²) in [7, 11) is 1.59. The van der Waals surface area contributed by atoms with Gasteiger partial charge in [-0.15, -0.1) is 0 Å². The van der Waals surface area contributed by atoms with Gasteiger partial charge in [0.1, 0.15) is 17.3 Å². The number of benzene rings is 1. The molecule has 20 heavy (non-hydrogen) atoms. The van der Waals surface area contributed by atoms with Crippen molar-refractivity contribution < 1.29 is 14.3 Å². The molecule has 0 saturated carbocycles. The van der Waals surface area contributed by atoms with E-state index in [2.05, 4.69) is 5.32 Å². The van der Waals surface area contributed by atoms with E-state index in [9.17, 15) is 9.59 Å². The van der Waals surface area contributed by atoms with Crippen LogP contribution in [-0.4, -0.2) is 35.4 Å². The zero-order valence-electron chi connectivity index (χ0n) is 12.3. The smallest absolute Gasteiger partial charge is 0.248 e. The van der Waals surface area contributed by atoms with Gasteiger partial charge in [-0.3, -0.25) is 9.59 Å². The first-order valence-corrected chi connectivity index (χ1v) is 6.62. The van der Waals surface area contributed by atoms with Crippen LogP contribution in [0, 0.1) is 0 Å². The fraction of sp³-hybridized carbons (Fsp3) is 0.467. The molecule has 2 amide bonds. The molecule has 1 atom stereocenters. The molecule has 108 valence electrons. The summed E-state index contributed by atoms with van der Waals surface area (Å²) in [6.45, 7) is 5.53. The third-order valence-corrected chi connectivity index (χ3v) is 3.61. The van der Waals surface area contributed by atoms with Gasteiger partial charge in [0.05, 0.1) is 13.7 Å². The van der Waals surface area contributed by atoms with Crippen molar-refractivity contribution in [3.05, 3.63) is 29.8 Å². The molecule has 1 aromatic rings. The summed E-state index contributed by atoms with van der Waals surface area (Å²) in [5.74, 6) is 0.497. The highest BCUT2D eigenvalue weighted by Crippen LogP contribution is 2.24. The van der Waals surface area contributed by atoms with Crippen molar-refractivity contribution in [1.82, 2.24) is 10.2 Å². The maximum Gasteiger partial charge on any atom is 0.248 e. The van der Waals surface area contributed by atoms with Crippen molar-refractivity contribution in [2.75, 3.05) is 7.11 Å². The van der Waals surface area contributed by atoms with Gasteiger partial charge < -0.3 is 15.0 Å². The van der Waals surface area contributed by atoms with Crippen LogP contribution in [0.1, 0.15) is 26.3 Å². The molecule has 0 bridgehead atoms. The standard InChI is InChI=1S/C15H20N2O3/c1-10-13(18)16-15(2,3)14(19)17(10)9-11-7-5-6-8-12(11)20-4/h5-8,10H,9H2,1-4H3,(H,16,18). The third kappa shape index (κ3) is 2.48. The quantitative estimate of drug-likeness (QED) is 0.906. The van der Waals surface area contributed by atoms with E-state index in [0.29, 0.717) is 6.54 Å². The number of nitrogens with one attached hydrogen (secondary N) is 1. The van der Waals surface area contributed by atoms with E-state index in [1.54, 1.807) is 32.8 Å². The minimum atomic E-state index is -0.869. The number of piperazine rings is 1. The molecule has 1 fully saturated rings. The second kappa shape index (κ2) is 5.15. The fourth-order valence-electron chi connectivity index (χ4n) is 2.37. The molecule has 1 aromatic carbocycles. The summed E-state index contributed by atoms with van der Waals surface area (Å²) < 4.78 is 5.30. The molecule has 1 unspecified atom stereocenters. The number of carbonyl (C=O) groups excluding carboxylic acids is 2. The van der Waals surface area contributed by atoms with Crippen LogP contribution in [0.4, 0.5) is 0 Å². The second-order valence-corrected chi connectivity index (χ2v) is 5.54. The molecule has 0 aliphatic carbocycles. The van der Waals surface area contributed by atoms with Crippen molar-refractivity contribution >= 4 is 11.8 Å². The summed E-state index contributed by atoms with van der Waals surface area (Å²) in [6, 6.07) is 7.03. The van der Waals surface area contributed by atoms with Crippen LogP contribution in [0.3, 0.4) is 0 Å². The van der Waals surface area contributed by atoms with E-state index in [4.69, 9.17) is 4.74 Å². The van der Waals surface area contributed by atoms with Gasteiger partial charge in [0.2, 0.25) is 11.8 Å². The van der Waals surface area contributed by atoms with Crippen LogP contribution < -0.4 is 10.1 Å². The molecule has 5 nitrogen and oxygen atoms in total. The summed E-state index contributed by atoms with van der Waals surface area (Å²) in [5.41, 5.74) is 0.0201. The lowest BCUT2D eigenvalue weighted by molar-refractivity contribution is -0.153. The van der Waals surface area contributed by atoms with Crippen LogP contribution in [-0.2, 0) is 16.1 Å². The fourth-order valence-corrected chi connectivity index (χ4v) is 2.37. The zero-order chi connectivity index (χ0) is 14.9. The number of ether oxygens (including phenoxy) is 1. The first-order chi connectivity index (χ1) is 9.36. The molecule has 0 aromatic heterocycles. The molecule has 1 saturated heterocycles. The Morgan fingerprint density at radius 3 is 2.60 bits per heavy atom. The molecule has 0 spiro atoms. The van der Waals surface area contributed by atoms with E-state index in [0.717, 1.165) is 11.3 Å². The Morgan fingerprint density at radius 2 is 1.95 bits per heavy atom. The highest BCUT2D eigenvalue weighted by molar-refractivity contribution is 5.99. The van der Waals surface area contributed by atoms with Crippen molar-refractivity contribution in [3.63, 3.8) is 0 Å². The van der Waals surface area contributed by atoms with E-state index in [1.165, 1.54) is 0 Å². The Morgan fingerprint density at radius 1 is 1.30 bits per heavy atom. The zero-order valence-corrected chi connectivity index (χ0v) is 12.3. The molecule has 1 aliphatic rings. The lowest BCUT2D eigenvalue weighted by Gasteiger charge is -2.41. The SMILES string of the molecule is COc1ccccc1CN1C(=O)C(C)(C)NC(=O)C1C. The van der Waals surface area contributed by atoms with Gasteiger partial charge in [-0.25, -0.2) is 0 Å². The molecular formula is C15H20N2O3. The summed E-state index contributed by atoms with van der Waals surface area (Å²) in [4.78, 5) is 26.0. The number of para-hydroxylation sites is 1. The van der Waals surface area contributed by atoms with Crippen LogP contribution in [0.5, 0.6) is 5.75 Å². The van der Waals surface area contributed by atoms with E-state index in [1.807, 2.05) is 24.3 Å². The minimum Gasteiger partial charge on any atom is -0.496 e. The van der Waals surface area contributed by atoms with Gasteiger partial charge in [0, 0.05) is 5.56 Å². The Hall–Kier alpha value is -2.04. The van der Waals surface area contributed by atoms with Crippen molar-refractivity contribution in [2.24, 2.45) is 0 Å². The number of methoxy groups -OCH3 is 1. The summed E-state index contributed by atoms with van der Waals surface area (Å²) in [5, 5.41) is 2.74. The van der Waals surface area contributed by atoms with Crippen molar-refractivity contribution in [1.29, 1.82) is 0 Å². The number of carbonyl (C=O) groups is 2. The first kappa shape index (κ1) is 14.4. The second-order valence-electron chi connectivity index (χ2n) is 5.54. The van der Waals surface area contributed by atoms with E-state index in [-0.39, 0.29) is 11.8 Å². The topological polar surface area (TPSA) is 58.6 Å². The van der Waals surface area contributed by atoms with Crippen LogP contribution >= 0.6 is 0 Å². The predicted molar refractivity (Wildman–Crippen MR) is 75.2 cm³/mol. The molecule has 5 heteroatoms. The van der Waals surface area contributed by atoms with Gasteiger partial charge in [0.15, 0.2) is 0 Å². The number of hydrogen-bond donors (Lipinski definition) is 1. The minimum absolute atomic E-state index is 0.0875. The highest BCUT2D eigenvalue weighted by atomic mass is 16.5. The molecule has 0 radical (unpaired) electrons. The van der Waals surface area contributed by atoms with Crippen LogP contribution in [0.2, 0.25) is 0 Å². The van der Waals surface area contributed by atoms with Crippen LogP contribution in [0.15, 0.2) is 24.3 Å². The Kier molecular flexibility index (Phi) is 3.70. The average Bonchev–Trinajstić information content (AvgIpc) is 2.41. The molecule has 1 heterocycles. The van der Waals surface area contributed by atoms with Gasteiger partial charge in [0.25, 0.3) is 0 Å². The lowest BCUT2D eigenvalue weighted by Crippen LogP contribution is -2.66. The molecule has 2 rings (SSSR count).